The quantitative estimate of drug-likeness (QED) is 0.0602. The third kappa shape index (κ3) is 12.4. The van der Waals surface area contributed by atoms with Crippen LogP contribution in [0.15, 0.2) is 23.1 Å². The Morgan fingerprint density at radius 3 is 1.73 bits per heavy atom. The van der Waals surface area contributed by atoms with Gasteiger partial charge in [0.2, 0.25) is 25.7 Å². The Kier molecular flexibility index (Phi) is 17.5. The number of H-pyrrole nitrogens is 1. The van der Waals surface area contributed by atoms with Crippen LogP contribution in [0.25, 0.3) is 5.65 Å². The summed E-state index contributed by atoms with van der Waals surface area (Å²) in [6.07, 6.45) is 20.9. The van der Waals surface area contributed by atoms with Crippen molar-refractivity contribution in [2.75, 3.05) is 23.0 Å². The molecule has 0 saturated heterocycles. The smallest absolute Gasteiger partial charge is 0.229 e. The number of nitrogens with zero attached hydrogens (tertiary/aromatic N) is 3. The maximum absolute atomic E-state index is 13.8. The Balaban J connectivity index is 1.77. The maximum Gasteiger partial charge on any atom is 0.229 e. The van der Waals surface area contributed by atoms with Crippen LogP contribution in [0.3, 0.4) is 0 Å². The minimum atomic E-state index is -3.79. The summed E-state index contributed by atoms with van der Waals surface area (Å²) in [5, 5.41) is 12.4. The molecule has 0 aliphatic rings. The first-order valence-corrected chi connectivity index (χ1v) is 25.8. The lowest BCUT2D eigenvalue weighted by molar-refractivity contribution is 0.150. The molecule has 3 rings (SSSR count). The van der Waals surface area contributed by atoms with Gasteiger partial charge in [-0.2, -0.15) is 0 Å². The third-order valence-corrected chi connectivity index (χ3v) is 14.5. The fourth-order valence-corrected chi connectivity index (χ4v) is 11.0. The van der Waals surface area contributed by atoms with E-state index in [1.807, 2.05) is 27.7 Å². The molecule has 55 heavy (non-hydrogen) atoms. The molecule has 0 saturated carbocycles. The second-order valence-corrected chi connectivity index (χ2v) is 20.9. The number of rotatable bonds is 28. The van der Waals surface area contributed by atoms with Gasteiger partial charge in [0.25, 0.3) is 0 Å². The van der Waals surface area contributed by atoms with E-state index in [0.717, 1.165) is 31.8 Å². The monoisotopic (exact) mass is 828 g/mol. The number of anilines is 1. The van der Waals surface area contributed by atoms with Gasteiger partial charge in [0, 0.05) is 11.8 Å². The highest BCUT2D eigenvalue weighted by Crippen LogP contribution is 2.46. The summed E-state index contributed by atoms with van der Waals surface area (Å²) >= 11 is 0. The van der Waals surface area contributed by atoms with Crippen LogP contribution in [0.4, 0.5) is 5.69 Å². The van der Waals surface area contributed by atoms with Crippen molar-refractivity contribution < 1.29 is 30.0 Å². The summed E-state index contributed by atoms with van der Waals surface area (Å²) in [4.78, 5) is -0.0790. The minimum absolute atomic E-state index is 0.0513. The van der Waals surface area contributed by atoms with Crippen LogP contribution in [0.2, 0.25) is 0 Å². The number of hydrogen-bond donors (Lipinski definition) is 3. The number of aryl methyl sites for hydroxylation is 1. The summed E-state index contributed by atoms with van der Waals surface area (Å²) < 4.78 is 90.0. The van der Waals surface area contributed by atoms with Crippen LogP contribution < -0.4 is 14.2 Å². The molecule has 314 valence electrons. The summed E-state index contributed by atoms with van der Waals surface area (Å²) in [6.45, 7) is 12.1. The van der Waals surface area contributed by atoms with Crippen molar-refractivity contribution in [3.63, 3.8) is 0 Å². The van der Waals surface area contributed by atoms with Gasteiger partial charge in [0.1, 0.15) is 0 Å². The number of fused-ring (bicyclic) bond motifs is 1. The molecule has 13 nitrogen and oxygen atoms in total. The molecule has 1 aromatic carbocycles. The molecule has 3 N–H and O–H groups in total. The first-order chi connectivity index (χ1) is 25.9. The van der Waals surface area contributed by atoms with E-state index in [0.29, 0.717) is 49.3 Å². The normalized spacial score (nSPS) is 13.2. The third-order valence-electron chi connectivity index (χ3n) is 11.2. The zero-order valence-corrected chi connectivity index (χ0v) is 37.0. The number of sulfone groups is 1. The molecule has 0 aliphatic heterocycles. The predicted octanol–water partition coefficient (Wildman–Crippen LogP) is 8.95. The Bertz CT molecular complexity index is 1980. The van der Waals surface area contributed by atoms with E-state index in [1.165, 1.54) is 82.4 Å². The highest BCUT2D eigenvalue weighted by Gasteiger charge is 2.53. The van der Waals surface area contributed by atoms with E-state index >= 15 is 0 Å². The Morgan fingerprint density at radius 2 is 1.25 bits per heavy atom. The largest absolute Gasteiger partial charge is 0.449 e. The number of ether oxygens (including phenoxy) is 1. The molecule has 0 atom stereocenters. The molecule has 0 spiro atoms. The van der Waals surface area contributed by atoms with E-state index < -0.39 is 40.8 Å². The molecule has 0 amide bonds. The molecule has 0 aliphatic carbocycles. The summed E-state index contributed by atoms with van der Waals surface area (Å²) in [7, 11) is -11.1. The van der Waals surface area contributed by atoms with Gasteiger partial charge < -0.3 is 4.74 Å². The van der Waals surface area contributed by atoms with Gasteiger partial charge in [-0.25, -0.2) is 34.5 Å². The van der Waals surface area contributed by atoms with E-state index in [-0.39, 0.29) is 27.8 Å². The fourth-order valence-electron chi connectivity index (χ4n) is 8.03. The van der Waals surface area contributed by atoms with Crippen LogP contribution in [-0.4, -0.2) is 68.9 Å². The minimum Gasteiger partial charge on any atom is -0.449 e. The fraction of sp³-hybridized carbons (Fsp3) is 0.744. The van der Waals surface area contributed by atoms with E-state index in [4.69, 9.17) is 4.74 Å². The number of hydrogen-bond acceptors (Lipinski definition) is 9. The van der Waals surface area contributed by atoms with Crippen molar-refractivity contribution >= 4 is 41.2 Å². The van der Waals surface area contributed by atoms with Crippen LogP contribution in [0, 0.1) is 6.92 Å². The van der Waals surface area contributed by atoms with Crippen molar-refractivity contribution in [1.82, 2.24) is 24.5 Å². The first kappa shape index (κ1) is 46.7. The van der Waals surface area contributed by atoms with E-state index in [1.54, 1.807) is 11.4 Å². The highest BCUT2D eigenvalue weighted by molar-refractivity contribution is 7.92. The number of benzene rings is 1. The molecule has 0 fully saturated rings. The zero-order chi connectivity index (χ0) is 40.9. The van der Waals surface area contributed by atoms with Gasteiger partial charge in [-0.15, -0.1) is 10.2 Å². The summed E-state index contributed by atoms with van der Waals surface area (Å²) in [6, 6.07) is 3.94. The topological polar surface area (TPSA) is 182 Å². The Labute approximate surface area is 331 Å². The molecule has 0 unspecified atom stereocenters. The van der Waals surface area contributed by atoms with E-state index in [2.05, 4.69) is 31.7 Å². The van der Waals surface area contributed by atoms with Gasteiger partial charge in [-0.05, 0) is 57.2 Å². The molecule has 3 aromatic rings. The van der Waals surface area contributed by atoms with Crippen LogP contribution in [-0.2, 0) is 35.3 Å². The van der Waals surface area contributed by atoms with Crippen LogP contribution >= 0.6 is 0 Å². The first-order valence-electron chi connectivity index (χ1n) is 20.4. The average molecular weight is 829 g/mol. The molecular weight excluding hydrogens is 761 g/mol. The Morgan fingerprint density at radius 1 is 0.727 bits per heavy atom. The molecule has 16 heteroatoms. The molecule has 0 bridgehead atoms. The molecule has 0 radical (unpaired) electrons. The molecule has 2 heterocycles. The molecule has 2 aromatic heterocycles. The summed E-state index contributed by atoms with van der Waals surface area (Å²) in [5.74, 6) is 0.945. The second-order valence-electron chi connectivity index (χ2n) is 15.3. The SMILES string of the molecule is CCCCCCCCCCCCCCCCS(=O)(=O)NC(CC)(CC)C(CC)(CC)c1nnc2c(Oc3ccc(S(C)(=O)=O)cc3NS(C)(=O)=O)c(C)[nH]n12. The van der Waals surface area contributed by atoms with Crippen molar-refractivity contribution in [3.05, 3.63) is 29.7 Å². The molecular formula is C39H68N6O7S3. The number of nitrogens with one attached hydrogen (secondary N) is 3. The van der Waals surface area contributed by atoms with Crippen LogP contribution in [0.5, 0.6) is 11.5 Å². The standard InChI is InChI=1S/C39H68N6O7S3/c1-9-14-15-16-17-18-19-20-21-22-23-24-25-26-29-55(50,51)44-39(12-4,13-5)38(10-2,11-3)37-41-40-36-35(31(6)42-45(36)37)52-34-28-27-32(53(7,46)47)30-33(34)43-54(8,48)49/h27-28,30,42-44H,9-26,29H2,1-8H3. The van der Waals surface area contributed by atoms with Gasteiger partial charge in [0.15, 0.2) is 27.2 Å². The van der Waals surface area contributed by atoms with Crippen molar-refractivity contribution in [3.8, 4) is 11.5 Å². The number of aromatic amines is 1. The number of sulfonamides is 2. The van der Waals surface area contributed by atoms with E-state index in [9.17, 15) is 25.3 Å². The lowest BCUT2D eigenvalue weighted by atomic mass is 9.63. The lowest BCUT2D eigenvalue weighted by Gasteiger charge is -2.48. The Hall–Kier alpha value is -2.69. The predicted molar refractivity (Wildman–Crippen MR) is 223 cm³/mol. The van der Waals surface area contributed by atoms with Crippen LogP contribution in [0.1, 0.15) is 162 Å². The van der Waals surface area contributed by atoms with Gasteiger partial charge in [-0.1, -0.05) is 118 Å². The maximum atomic E-state index is 13.8. The zero-order valence-electron chi connectivity index (χ0n) is 34.6. The number of aromatic nitrogens is 4. The highest BCUT2D eigenvalue weighted by atomic mass is 32.2. The van der Waals surface area contributed by atoms with Crippen molar-refractivity contribution in [2.24, 2.45) is 0 Å². The second kappa shape index (κ2) is 20.6. The lowest BCUT2D eigenvalue weighted by Crippen LogP contribution is -2.62. The van der Waals surface area contributed by atoms with Crippen molar-refractivity contribution in [2.45, 2.75) is 173 Å². The average Bonchev–Trinajstić information content (AvgIpc) is 3.66. The van der Waals surface area contributed by atoms with Gasteiger partial charge in [-0.3, -0.25) is 9.82 Å². The van der Waals surface area contributed by atoms with Crippen molar-refractivity contribution in [1.29, 1.82) is 0 Å². The van der Waals surface area contributed by atoms with Gasteiger partial charge in [0.05, 0.1) is 33.7 Å². The summed E-state index contributed by atoms with van der Waals surface area (Å²) in [5.41, 5.74) is -0.816. The number of unbranched alkanes of at least 4 members (excludes halogenated alkanes) is 13. The van der Waals surface area contributed by atoms with Gasteiger partial charge >= 0.3 is 0 Å².